The first kappa shape index (κ1) is 25.2. The van der Waals surface area contributed by atoms with E-state index in [1.165, 1.54) is 0 Å². The summed E-state index contributed by atoms with van der Waals surface area (Å²) in [5.41, 5.74) is 5.78. The van der Waals surface area contributed by atoms with E-state index in [1.54, 1.807) is 0 Å². The van der Waals surface area contributed by atoms with Gasteiger partial charge in [0.05, 0.1) is 12.6 Å². The van der Waals surface area contributed by atoms with E-state index in [-0.39, 0.29) is 30.6 Å². The number of carboxylic acids is 1. The molecule has 0 aromatic rings. The molecule has 0 aromatic carbocycles. The van der Waals surface area contributed by atoms with E-state index in [9.17, 15) is 24.3 Å². The van der Waals surface area contributed by atoms with E-state index in [1.807, 2.05) is 27.7 Å². The number of rotatable bonds is 12. The number of carbonyl (C=O) groups is 4. The van der Waals surface area contributed by atoms with Crippen molar-refractivity contribution in [2.24, 2.45) is 17.6 Å². The fraction of sp³-hybridized carbons (Fsp3) is 0.765. The van der Waals surface area contributed by atoms with Gasteiger partial charge in [-0.3, -0.25) is 14.4 Å². The first-order valence-electron chi connectivity index (χ1n) is 9.00. The number of hydrogen-bond acceptors (Lipinski definition) is 6. The summed E-state index contributed by atoms with van der Waals surface area (Å²) in [4.78, 5) is 47.3. The van der Waals surface area contributed by atoms with Crippen LogP contribution in [0.5, 0.6) is 0 Å². The Bertz CT molecular complexity index is 529. The molecule has 4 unspecified atom stereocenters. The van der Waals surface area contributed by atoms with Crippen molar-refractivity contribution in [3.05, 3.63) is 0 Å². The van der Waals surface area contributed by atoms with Gasteiger partial charge >= 0.3 is 5.97 Å². The molecule has 0 heterocycles. The van der Waals surface area contributed by atoms with Crippen LogP contribution >= 0.6 is 12.6 Å². The predicted molar refractivity (Wildman–Crippen MR) is 105 cm³/mol. The van der Waals surface area contributed by atoms with Crippen molar-refractivity contribution < 1.29 is 24.3 Å². The Kier molecular flexibility index (Phi) is 11.7. The first-order chi connectivity index (χ1) is 12.5. The van der Waals surface area contributed by atoms with Crippen LogP contribution in [0, 0.1) is 11.8 Å². The van der Waals surface area contributed by atoms with Gasteiger partial charge < -0.3 is 26.8 Å². The molecule has 3 amide bonds. The molecule has 0 aliphatic rings. The average molecular weight is 405 g/mol. The van der Waals surface area contributed by atoms with Gasteiger partial charge in [0.15, 0.2) is 0 Å². The zero-order chi connectivity index (χ0) is 21.1. The van der Waals surface area contributed by atoms with Crippen molar-refractivity contribution in [1.29, 1.82) is 0 Å². The van der Waals surface area contributed by atoms with Crippen molar-refractivity contribution in [3.63, 3.8) is 0 Å². The molecule has 0 rings (SSSR count). The van der Waals surface area contributed by atoms with Gasteiger partial charge in [-0.1, -0.05) is 34.1 Å². The minimum absolute atomic E-state index is 0.0219. The summed E-state index contributed by atoms with van der Waals surface area (Å²) < 4.78 is 0. The lowest BCUT2D eigenvalue weighted by molar-refractivity contribution is -0.142. The maximum Gasteiger partial charge on any atom is 0.326 e. The summed E-state index contributed by atoms with van der Waals surface area (Å²) in [5.74, 6) is -2.81. The molecule has 0 saturated carbocycles. The number of hydrogen-bond donors (Lipinski definition) is 6. The molecular weight excluding hydrogens is 372 g/mol. The Labute approximate surface area is 165 Å². The van der Waals surface area contributed by atoms with Crippen LogP contribution < -0.4 is 21.7 Å². The number of carbonyl (C=O) groups excluding carboxylic acids is 3. The van der Waals surface area contributed by atoms with Crippen LogP contribution in [-0.4, -0.2) is 59.2 Å². The smallest absolute Gasteiger partial charge is 0.326 e. The van der Waals surface area contributed by atoms with Crippen LogP contribution in [0.1, 0.15) is 40.5 Å². The molecule has 0 aliphatic heterocycles. The van der Waals surface area contributed by atoms with E-state index in [2.05, 4.69) is 28.6 Å². The molecule has 0 aromatic heterocycles. The highest BCUT2D eigenvalue weighted by Gasteiger charge is 2.26. The Morgan fingerprint density at radius 1 is 1.04 bits per heavy atom. The van der Waals surface area contributed by atoms with Crippen molar-refractivity contribution in [3.8, 4) is 0 Å². The molecule has 27 heavy (non-hydrogen) atoms. The van der Waals surface area contributed by atoms with E-state index in [4.69, 9.17) is 5.73 Å². The maximum absolute atomic E-state index is 12.2. The average Bonchev–Trinajstić information content (AvgIpc) is 2.61. The topological polar surface area (TPSA) is 151 Å². The Hall–Kier alpha value is -1.81. The SMILES string of the molecule is CCC(C)C(N)C(=O)NCC(=O)NC(CS)C(=O)NC(CC(C)C)C(=O)O. The number of thiol groups is 1. The Morgan fingerprint density at radius 3 is 2.07 bits per heavy atom. The molecule has 4 atom stereocenters. The van der Waals surface area contributed by atoms with Crippen molar-refractivity contribution in [2.45, 2.75) is 58.7 Å². The summed E-state index contributed by atoms with van der Waals surface area (Å²) in [6.07, 6.45) is 0.988. The lowest BCUT2D eigenvalue weighted by Gasteiger charge is -2.22. The summed E-state index contributed by atoms with van der Waals surface area (Å²) in [6.45, 7) is 7.08. The molecule has 6 N–H and O–H groups in total. The van der Waals surface area contributed by atoms with Gasteiger partial charge in [-0.25, -0.2) is 4.79 Å². The van der Waals surface area contributed by atoms with Crippen molar-refractivity contribution in [2.75, 3.05) is 12.3 Å². The molecule has 0 fully saturated rings. The van der Waals surface area contributed by atoms with Crippen LogP contribution in [-0.2, 0) is 19.2 Å². The molecule has 0 bridgehead atoms. The van der Waals surface area contributed by atoms with Crippen LogP contribution in [0.2, 0.25) is 0 Å². The molecular formula is C17H32N4O5S. The minimum Gasteiger partial charge on any atom is -0.480 e. The molecule has 0 radical (unpaired) electrons. The number of nitrogens with one attached hydrogen (secondary N) is 3. The van der Waals surface area contributed by atoms with Crippen molar-refractivity contribution in [1.82, 2.24) is 16.0 Å². The van der Waals surface area contributed by atoms with Gasteiger partial charge in [0, 0.05) is 5.75 Å². The third-order valence-electron chi connectivity index (χ3n) is 4.14. The highest BCUT2D eigenvalue weighted by atomic mass is 32.1. The van der Waals surface area contributed by atoms with Crippen LogP contribution in [0.3, 0.4) is 0 Å². The van der Waals surface area contributed by atoms with Gasteiger partial charge in [0.2, 0.25) is 17.7 Å². The van der Waals surface area contributed by atoms with Crippen LogP contribution in [0.4, 0.5) is 0 Å². The molecule has 156 valence electrons. The lowest BCUT2D eigenvalue weighted by Crippen LogP contribution is -2.55. The lowest BCUT2D eigenvalue weighted by atomic mass is 9.99. The van der Waals surface area contributed by atoms with Gasteiger partial charge in [-0.05, 0) is 18.3 Å². The highest BCUT2D eigenvalue weighted by molar-refractivity contribution is 7.80. The summed E-state index contributed by atoms with van der Waals surface area (Å²) in [6, 6.07) is -2.79. The maximum atomic E-state index is 12.2. The fourth-order valence-corrected chi connectivity index (χ4v) is 2.46. The fourth-order valence-electron chi connectivity index (χ4n) is 2.20. The predicted octanol–water partition coefficient (Wildman–Crippen LogP) is -0.494. The quantitative estimate of drug-likeness (QED) is 0.242. The summed E-state index contributed by atoms with van der Waals surface area (Å²) >= 11 is 4.02. The first-order valence-corrected chi connectivity index (χ1v) is 9.63. The van der Waals surface area contributed by atoms with Gasteiger partial charge in [-0.15, -0.1) is 0 Å². The number of carboxylic acid groups (broad SMARTS) is 1. The second-order valence-corrected chi connectivity index (χ2v) is 7.33. The second kappa shape index (κ2) is 12.6. The van der Waals surface area contributed by atoms with Gasteiger partial charge in [0.25, 0.3) is 0 Å². The monoisotopic (exact) mass is 404 g/mol. The van der Waals surface area contributed by atoms with E-state index >= 15 is 0 Å². The number of aliphatic carboxylic acids is 1. The van der Waals surface area contributed by atoms with Crippen LogP contribution in [0.15, 0.2) is 0 Å². The van der Waals surface area contributed by atoms with E-state index in [0.29, 0.717) is 0 Å². The number of amides is 3. The zero-order valence-corrected chi connectivity index (χ0v) is 17.2. The van der Waals surface area contributed by atoms with Gasteiger partial charge in [0.1, 0.15) is 12.1 Å². The number of nitrogens with two attached hydrogens (primary N) is 1. The minimum atomic E-state index is -1.15. The third kappa shape index (κ3) is 9.62. The van der Waals surface area contributed by atoms with Crippen molar-refractivity contribution >= 4 is 36.3 Å². The highest BCUT2D eigenvalue weighted by Crippen LogP contribution is 2.06. The zero-order valence-electron chi connectivity index (χ0n) is 16.3. The van der Waals surface area contributed by atoms with E-state index in [0.717, 1.165) is 6.42 Å². The molecule has 0 aliphatic carbocycles. The van der Waals surface area contributed by atoms with Gasteiger partial charge in [-0.2, -0.15) is 12.6 Å². The summed E-state index contributed by atoms with van der Waals surface area (Å²) in [5, 5.41) is 16.4. The molecule has 9 nitrogen and oxygen atoms in total. The van der Waals surface area contributed by atoms with E-state index < -0.39 is 41.8 Å². The molecule has 10 heteroatoms. The Balaban J connectivity index is 4.64. The normalized spacial score (nSPS) is 15.4. The standard InChI is InChI=1S/C17H32N4O5S/c1-5-10(4)14(18)16(24)19-7-13(22)20-12(8-27)15(23)21-11(17(25)26)6-9(2)3/h9-12,14,27H,5-8,18H2,1-4H3,(H,19,24)(H,20,22)(H,21,23)(H,25,26). The summed E-state index contributed by atoms with van der Waals surface area (Å²) in [7, 11) is 0. The van der Waals surface area contributed by atoms with Crippen LogP contribution in [0.25, 0.3) is 0 Å². The Morgan fingerprint density at radius 2 is 1.63 bits per heavy atom. The molecule has 0 spiro atoms. The second-order valence-electron chi connectivity index (χ2n) is 6.96. The molecule has 0 saturated heterocycles. The third-order valence-corrected chi connectivity index (χ3v) is 4.50. The largest absolute Gasteiger partial charge is 0.480 e.